The Bertz CT molecular complexity index is 915. The number of benzene rings is 1. The molecule has 0 bridgehead atoms. The van der Waals surface area contributed by atoms with E-state index in [-0.39, 0.29) is 5.75 Å². The molecule has 27 heavy (non-hydrogen) atoms. The number of guanidine groups is 1. The van der Waals surface area contributed by atoms with Crippen molar-refractivity contribution < 1.29 is 13.5 Å². The van der Waals surface area contributed by atoms with Gasteiger partial charge in [0.25, 0.3) is 0 Å². The first-order chi connectivity index (χ1) is 13.2. The van der Waals surface area contributed by atoms with Crippen LogP contribution in [0.1, 0.15) is 11.3 Å². The molecule has 0 saturated heterocycles. The maximum Gasteiger partial charge on any atom is 0.387 e. The van der Waals surface area contributed by atoms with Gasteiger partial charge in [-0.1, -0.05) is 18.2 Å². The molecule has 0 fully saturated rings. The number of aliphatic imine (C=N–C) groups is 1. The fraction of sp³-hybridized carbons (Fsp3) is 0.105. The molecular formula is C19H15F2N5O. The topological polar surface area (TPSA) is 82.3 Å². The predicted octanol–water partition coefficient (Wildman–Crippen LogP) is 3.18. The molecule has 0 aliphatic carbocycles. The van der Waals surface area contributed by atoms with Crippen molar-refractivity contribution in [2.24, 2.45) is 4.99 Å². The first kappa shape index (κ1) is 18.1. The van der Waals surface area contributed by atoms with Gasteiger partial charge in [-0.25, -0.2) is 4.99 Å². The number of ether oxygens (including phenoxy) is 1. The summed E-state index contributed by atoms with van der Waals surface area (Å²) >= 11 is 0. The van der Waals surface area contributed by atoms with Crippen LogP contribution in [0.25, 0.3) is 5.57 Å². The Hall–Kier alpha value is -3.73. The minimum atomic E-state index is -2.85. The maximum absolute atomic E-state index is 12.2. The Kier molecular flexibility index (Phi) is 5.74. The van der Waals surface area contributed by atoms with E-state index in [0.29, 0.717) is 29.5 Å². The summed E-state index contributed by atoms with van der Waals surface area (Å²) < 4.78 is 28.6. The molecule has 0 unspecified atom stereocenters. The van der Waals surface area contributed by atoms with E-state index in [1.165, 1.54) is 12.1 Å². The molecule has 8 heteroatoms. The fourth-order valence-corrected chi connectivity index (χ4v) is 2.35. The van der Waals surface area contributed by atoms with E-state index in [0.717, 1.165) is 5.56 Å². The number of hydrogen-bond acceptors (Lipinski definition) is 4. The van der Waals surface area contributed by atoms with Crippen molar-refractivity contribution in [1.82, 2.24) is 15.6 Å². The number of nitrogens with zero attached hydrogens (tertiary/aromatic N) is 3. The SMILES string of the molecule is N#CC(=C1C=CNC(=NCc2ccc(OC(F)F)cc2)N1)c1ccccn1. The molecule has 3 rings (SSSR count). The smallest absolute Gasteiger partial charge is 0.387 e. The standard InChI is InChI=1S/C19H15F2N5O/c20-18(21)27-14-6-4-13(5-7-14)12-25-19-24-10-8-17(26-19)15(11-22)16-3-1-2-9-23-16/h1-10,18H,12H2,(H2,24,25,26). The van der Waals surface area contributed by atoms with Gasteiger partial charge in [0.2, 0.25) is 0 Å². The highest BCUT2D eigenvalue weighted by atomic mass is 19.3. The van der Waals surface area contributed by atoms with Gasteiger partial charge in [0, 0.05) is 12.4 Å². The molecule has 0 amide bonds. The maximum atomic E-state index is 12.2. The summed E-state index contributed by atoms with van der Waals surface area (Å²) in [4.78, 5) is 8.59. The van der Waals surface area contributed by atoms with Gasteiger partial charge in [0.05, 0.1) is 17.9 Å². The van der Waals surface area contributed by atoms with Crippen LogP contribution in [0, 0.1) is 11.3 Å². The Morgan fingerprint density at radius 3 is 2.70 bits per heavy atom. The lowest BCUT2D eigenvalue weighted by Gasteiger charge is -2.17. The number of rotatable bonds is 5. The van der Waals surface area contributed by atoms with Gasteiger partial charge in [-0.05, 0) is 35.9 Å². The number of allylic oxidation sites excluding steroid dienone is 2. The number of halogens is 2. The molecule has 0 saturated carbocycles. The molecule has 2 N–H and O–H groups in total. The summed E-state index contributed by atoms with van der Waals surface area (Å²) in [5.41, 5.74) is 2.35. The third-order valence-corrected chi connectivity index (χ3v) is 3.59. The van der Waals surface area contributed by atoms with E-state index in [1.807, 2.05) is 0 Å². The van der Waals surface area contributed by atoms with Crippen LogP contribution in [-0.4, -0.2) is 17.6 Å². The molecule has 0 radical (unpaired) electrons. The lowest BCUT2D eigenvalue weighted by Crippen LogP contribution is -2.37. The second kappa shape index (κ2) is 8.58. The van der Waals surface area contributed by atoms with E-state index in [1.54, 1.807) is 48.8 Å². The zero-order valence-corrected chi connectivity index (χ0v) is 14.1. The molecule has 1 aromatic carbocycles. The second-order valence-electron chi connectivity index (χ2n) is 5.41. The van der Waals surface area contributed by atoms with E-state index in [4.69, 9.17) is 0 Å². The van der Waals surface area contributed by atoms with E-state index in [9.17, 15) is 14.0 Å². The van der Waals surface area contributed by atoms with Crippen LogP contribution in [0.15, 0.2) is 71.6 Å². The summed E-state index contributed by atoms with van der Waals surface area (Å²) in [6, 6.07) is 13.7. The summed E-state index contributed by atoms with van der Waals surface area (Å²) in [6.45, 7) is -2.53. The van der Waals surface area contributed by atoms with Gasteiger partial charge in [-0.15, -0.1) is 0 Å². The highest BCUT2D eigenvalue weighted by Crippen LogP contribution is 2.17. The Balaban J connectivity index is 1.72. The fourth-order valence-electron chi connectivity index (χ4n) is 2.35. The molecule has 136 valence electrons. The lowest BCUT2D eigenvalue weighted by molar-refractivity contribution is -0.0498. The van der Waals surface area contributed by atoms with Crippen molar-refractivity contribution in [3.63, 3.8) is 0 Å². The van der Waals surface area contributed by atoms with Crippen molar-refractivity contribution in [2.45, 2.75) is 13.2 Å². The van der Waals surface area contributed by atoms with Crippen LogP contribution < -0.4 is 15.4 Å². The number of nitrogens with one attached hydrogen (secondary N) is 2. The quantitative estimate of drug-likeness (QED) is 0.793. The molecule has 2 heterocycles. The first-order valence-electron chi connectivity index (χ1n) is 8.00. The van der Waals surface area contributed by atoms with Gasteiger partial charge in [0.1, 0.15) is 17.4 Å². The number of hydrogen-bond donors (Lipinski definition) is 2. The minimum Gasteiger partial charge on any atom is -0.435 e. The molecule has 1 aromatic heterocycles. The molecule has 1 aliphatic heterocycles. The Morgan fingerprint density at radius 1 is 1.22 bits per heavy atom. The van der Waals surface area contributed by atoms with E-state index >= 15 is 0 Å². The largest absolute Gasteiger partial charge is 0.435 e. The van der Waals surface area contributed by atoms with Crippen molar-refractivity contribution in [2.75, 3.05) is 0 Å². The van der Waals surface area contributed by atoms with Crippen LogP contribution in [0.5, 0.6) is 5.75 Å². The van der Waals surface area contributed by atoms with Crippen LogP contribution >= 0.6 is 0 Å². The zero-order valence-electron chi connectivity index (χ0n) is 14.1. The van der Waals surface area contributed by atoms with E-state index < -0.39 is 6.61 Å². The van der Waals surface area contributed by atoms with Crippen LogP contribution in [0.2, 0.25) is 0 Å². The van der Waals surface area contributed by atoms with Crippen molar-refractivity contribution in [3.05, 3.63) is 77.9 Å². The molecular weight excluding hydrogens is 352 g/mol. The number of aromatic nitrogens is 1. The van der Waals surface area contributed by atoms with Crippen LogP contribution in [0.3, 0.4) is 0 Å². The highest BCUT2D eigenvalue weighted by molar-refractivity contribution is 5.89. The Labute approximate surface area is 154 Å². The predicted molar refractivity (Wildman–Crippen MR) is 96.4 cm³/mol. The molecule has 2 aromatic rings. The lowest BCUT2D eigenvalue weighted by atomic mass is 10.1. The van der Waals surface area contributed by atoms with Gasteiger partial charge < -0.3 is 15.4 Å². The second-order valence-corrected chi connectivity index (χ2v) is 5.41. The minimum absolute atomic E-state index is 0.0949. The van der Waals surface area contributed by atoms with Gasteiger partial charge in [-0.3, -0.25) is 4.98 Å². The molecule has 0 spiro atoms. The summed E-state index contributed by atoms with van der Waals surface area (Å²) in [5, 5.41) is 15.5. The molecule has 1 aliphatic rings. The summed E-state index contributed by atoms with van der Waals surface area (Å²) in [6.07, 6.45) is 5.02. The number of nitriles is 1. The molecule has 6 nitrogen and oxygen atoms in total. The highest BCUT2D eigenvalue weighted by Gasteiger charge is 2.13. The van der Waals surface area contributed by atoms with Gasteiger partial charge >= 0.3 is 6.61 Å². The van der Waals surface area contributed by atoms with Gasteiger partial charge in [0.15, 0.2) is 5.96 Å². The van der Waals surface area contributed by atoms with Gasteiger partial charge in [-0.2, -0.15) is 14.0 Å². The summed E-state index contributed by atoms with van der Waals surface area (Å²) in [5.74, 6) is 0.557. The number of pyridine rings is 1. The average molecular weight is 367 g/mol. The first-order valence-corrected chi connectivity index (χ1v) is 8.00. The average Bonchev–Trinajstić information content (AvgIpc) is 2.69. The third kappa shape index (κ3) is 4.89. The van der Waals surface area contributed by atoms with Crippen molar-refractivity contribution in [1.29, 1.82) is 5.26 Å². The zero-order chi connectivity index (χ0) is 19.1. The van der Waals surface area contributed by atoms with Crippen molar-refractivity contribution >= 4 is 11.5 Å². The van der Waals surface area contributed by atoms with Crippen LogP contribution in [0.4, 0.5) is 8.78 Å². The van der Waals surface area contributed by atoms with Crippen molar-refractivity contribution in [3.8, 4) is 11.8 Å². The van der Waals surface area contributed by atoms with E-state index in [2.05, 4.69) is 31.4 Å². The number of alkyl halides is 2. The Morgan fingerprint density at radius 2 is 2.04 bits per heavy atom. The van der Waals surface area contributed by atoms with Crippen LogP contribution in [-0.2, 0) is 6.54 Å². The third-order valence-electron chi connectivity index (χ3n) is 3.59. The normalized spacial score (nSPS) is 16.4. The monoisotopic (exact) mass is 367 g/mol. The summed E-state index contributed by atoms with van der Waals surface area (Å²) in [7, 11) is 0. The molecule has 0 atom stereocenters.